The highest BCUT2D eigenvalue weighted by atomic mass is 32.2. The van der Waals surface area contributed by atoms with Gasteiger partial charge in [-0.1, -0.05) is 13.8 Å². The van der Waals surface area contributed by atoms with Gasteiger partial charge in [0.15, 0.2) is 0 Å². The van der Waals surface area contributed by atoms with Crippen LogP contribution in [0.3, 0.4) is 0 Å². The Morgan fingerprint density at radius 3 is 2.60 bits per heavy atom. The molecule has 0 unspecified atom stereocenters. The molecule has 84 valence electrons. The van der Waals surface area contributed by atoms with Crippen molar-refractivity contribution in [3.63, 3.8) is 0 Å². The van der Waals surface area contributed by atoms with Crippen molar-refractivity contribution in [3.05, 3.63) is 5.56 Å². The molecule has 3 N–H and O–H groups in total. The van der Waals surface area contributed by atoms with Gasteiger partial charge in [0.25, 0.3) is 0 Å². The van der Waals surface area contributed by atoms with E-state index in [1.807, 2.05) is 13.8 Å². The van der Waals surface area contributed by atoms with E-state index in [1.54, 1.807) is 10.9 Å². The fourth-order valence-corrected chi connectivity index (χ4v) is 1.86. The van der Waals surface area contributed by atoms with Gasteiger partial charge in [-0.25, -0.2) is 9.48 Å². The number of rotatable bonds is 4. The Morgan fingerprint density at radius 2 is 2.27 bits per heavy atom. The summed E-state index contributed by atoms with van der Waals surface area (Å²) in [5.41, 5.74) is 5.85. The van der Waals surface area contributed by atoms with Gasteiger partial charge in [-0.3, -0.25) is 0 Å². The largest absolute Gasteiger partial charge is 0.477 e. The molecule has 0 aliphatic rings. The van der Waals surface area contributed by atoms with Crippen LogP contribution < -0.4 is 5.73 Å². The van der Waals surface area contributed by atoms with E-state index in [2.05, 4.69) is 5.10 Å². The molecule has 0 aliphatic heterocycles. The summed E-state index contributed by atoms with van der Waals surface area (Å²) >= 11 is 1.29. The molecule has 0 aliphatic carbocycles. The first kappa shape index (κ1) is 11.9. The number of nitrogens with two attached hydrogens (primary N) is 1. The number of hydrogen-bond donors (Lipinski definition) is 2. The van der Waals surface area contributed by atoms with E-state index in [1.165, 1.54) is 11.8 Å². The maximum Gasteiger partial charge on any atom is 0.342 e. The van der Waals surface area contributed by atoms with Crippen molar-refractivity contribution >= 4 is 23.5 Å². The molecule has 0 fully saturated rings. The monoisotopic (exact) mass is 229 g/mol. The molecule has 1 rings (SSSR count). The van der Waals surface area contributed by atoms with Gasteiger partial charge in [-0.15, -0.1) is 11.8 Å². The molecule has 1 heterocycles. The van der Waals surface area contributed by atoms with E-state index in [9.17, 15) is 4.79 Å². The Morgan fingerprint density at radius 1 is 1.67 bits per heavy atom. The summed E-state index contributed by atoms with van der Waals surface area (Å²) in [6.07, 6.45) is 1.79. The van der Waals surface area contributed by atoms with E-state index < -0.39 is 5.97 Å². The zero-order chi connectivity index (χ0) is 11.6. The van der Waals surface area contributed by atoms with Gasteiger partial charge in [0.2, 0.25) is 0 Å². The maximum absolute atomic E-state index is 11.0. The quantitative estimate of drug-likeness (QED) is 0.765. The van der Waals surface area contributed by atoms with Gasteiger partial charge in [0.05, 0.1) is 0 Å². The summed E-state index contributed by atoms with van der Waals surface area (Å²) in [5.74, 6) is -0.407. The van der Waals surface area contributed by atoms with Crippen molar-refractivity contribution in [1.29, 1.82) is 0 Å². The number of carboxylic acids is 1. The zero-order valence-corrected chi connectivity index (χ0v) is 9.84. The minimum atomic E-state index is -1.02. The second-order valence-electron chi connectivity index (χ2n) is 3.65. The van der Waals surface area contributed by atoms with Crippen LogP contribution in [-0.4, -0.2) is 27.1 Å². The van der Waals surface area contributed by atoms with E-state index in [4.69, 9.17) is 10.8 Å². The average Bonchev–Trinajstić information content (AvgIpc) is 2.42. The minimum absolute atomic E-state index is 0.114. The summed E-state index contributed by atoms with van der Waals surface area (Å²) in [6, 6.07) is 0. The molecule has 15 heavy (non-hydrogen) atoms. The van der Waals surface area contributed by atoms with Crippen molar-refractivity contribution in [2.24, 2.45) is 5.92 Å². The van der Waals surface area contributed by atoms with Crippen LogP contribution in [0.1, 0.15) is 24.2 Å². The van der Waals surface area contributed by atoms with Crippen LogP contribution in [0.2, 0.25) is 0 Å². The molecule has 0 aromatic carbocycles. The first-order chi connectivity index (χ1) is 6.97. The van der Waals surface area contributed by atoms with Gasteiger partial charge < -0.3 is 10.8 Å². The Labute approximate surface area is 92.6 Å². The number of nitrogens with zero attached hydrogens (tertiary/aromatic N) is 2. The van der Waals surface area contributed by atoms with Gasteiger partial charge >= 0.3 is 5.97 Å². The Bertz CT molecular complexity index is 374. The standard InChI is InChI=1S/C9H15N3O2S/c1-5(2)4-12-7(10)6(9(13)14)8(11-12)15-3/h5H,4,10H2,1-3H3,(H,13,14). The first-order valence-electron chi connectivity index (χ1n) is 4.61. The predicted octanol–water partition coefficient (Wildman–Crippen LogP) is 1.54. The number of aromatic nitrogens is 2. The van der Waals surface area contributed by atoms with Crippen LogP contribution in [0.5, 0.6) is 0 Å². The topological polar surface area (TPSA) is 81.1 Å². The number of aromatic carboxylic acids is 1. The smallest absolute Gasteiger partial charge is 0.342 e. The molecule has 0 saturated carbocycles. The van der Waals surface area contributed by atoms with Crippen molar-refractivity contribution in [1.82, 2.24) is 9.78 Å². The van der Waals surface area contributed by atoms with Crippen LogP contribution in [0.4, 0.5) is 5.82 Å². The summed E-state index contributed by atoms with van der Waals surface area (Å²) in [7, 11) is 0. The molecule has 6 heteroatoms. The van der Waals surface area contributed by atoms with E-state index >= 15 is 0 Å². The third-order valence-corrected chi connectivity index (χ3v) is 2.58. The fourth-order valence-electron chi connectivity index (χ4n) is 1.28. The van der Waals surface area contributed by atoms with Crippen molar-refractivity contribution in [2.45, 2.75) is 25.4 Å². The third-order valence-electron chi connectivity index (χ3n) is 1.90. The van der Waals surface area contributed by atoms with E-state index in [-0.39, 0.29) is 11.4 Å². The van der Waals surface area contributed by atoms with Gasteiger partial charge in [0.1, 0.15) is 16.4 Å². The molecular formula is C9H15N3O2S. The number of thioether (sulfide) groups is 1. The first-order valence-corrected chi connectivity index (χ1v) is 5.83. The van der Waals surface area contributed by atoms with Crippen LogP contribution in [0.15, 0.2) is 5.03 Å². The Balaban J connectivity index is 3.16. The average molecular weight is 229 g/mol. The van der Waals surface area contributed by atoms with E-state index in [0.29, 0.717) is 17.5 Å². The number of hydrogen-bond acceptors (Lipinski definition) is 4. The summed E-state index contributed by atoms with van der Waals surface area (Å²) in [5, 5.41) is 13.6. The molecule has 5 nitrogen and oxygen atoms in total. The lowest BCUT2D eigenvalue weighted by Crippen LogP contribution is -2.10. The van der Waals surface area contributed by atoms with E-state index in [0.717, 1.165) is 0 Å². The van der Waals surface area contributed by atoms with Crippen molar-refractivity contribution < 1.29 is 9.90 Å². The Hall–Kier alpha value is -1.17. The number of carboxylic acid groups (broad SMARTS) is 1. The second-order valence-corrected chi connectivity index (χ2v) is 4.45. The summed E-state index contributed by atoms with van der Waals surface area (Å²) in [6.45, 7) is 4.69. The van der Waals surface area contributed by atoms with Gasteiger partial charge in [-0.05, 0) is 12.2 Å². The molecule has 0 atom stereocenters. The molecule has 0 amide bonds. The van der Waals surface area contributed by atoms with Crippen LogP contribution in [0, 0.1) is 5.92 Å². The predicted molar refractivity (Wildman–Crippen MR) is 60.2 cm³/mol. The lowest BCUT2D eigenvalue weighted by Gasteiger charge is -2.06. The van der Waals surface area contributed by atoms with Crippen LogP contribution >= 0.6 is 11.8 Å². The second kappa shape index (κ2) is 4.57. The number of carbonyl (C=O) groups is 1. The molecule has 1 aromatic heterocycles. The van der Waals surface area contributed by atoms with Crippen molar-refractivity contribution in [3.8, 4) is 0 Å². The lowest BCUT2D eigenvalue weighted by atomic mass is 10.2. The highest BCUT2D eigenvalue weighted by Crippen LogP contribution is 2.25. The van der Waals surface area contributed by atoms with Crippen molar-refractivity contribution in [2.75, 3.05) is 12.0 Å². The Kier molecular flexibility index (Phi) is 3.62. The third kappa shape index (κ3) is 2.44. The molecular weight excluding hydrogens is 214 g/mol. The van der Waals surface area contributed by atoms with Gasteiger partial charge in [0, 0.05) is 6.54 Å². The van der Waals surface area contributed by atoms with Crippen LogP contribution in [0.25, 0.3) is 0 Å². The molecule has 0 radical (unpaired) electrons. The highest BCUT2D eigenvalue weighted by Gasteiger charge is 2.21. The summed E-state index contributed by atoms with van der Waals surface area (Å²) < 4.78 is 1.56. The SMILES string of the molecule is CSc1nn(CC(C)C)c(N)c1C(=O)O. The summed E-state index contributed by atoms with van der Waals surface area (Å²) in [4.78, 5) is 11.0. The fraction of sp³-hybridized carbons (Fsp3) is 0.556. The van der Waals surface area contributed by atoms with Gasteiger partial charge in [-0.2, -0.15) is 5.10 Å². The zero-order valence-electron chi connectivity index (χ0n) is 9.02. The molecule has 0 bridgehead atoms. The lowest BCUT2D eigenvalue weighted by molar-refractivity contribution is 0.0694. The highest BCUT2D eigenvalue weighted by molar-refractivity contribution is 7.98. The molecule has 0 spiro atoms. The van der Waals surface area contributed by atoms with Crippen LogP contribution in [-0.2, 0) is 6.54 Å². The maximum atomic E-state index is 11.0. The number of nitrogen functional groups attached to an aromatic ring is 1. The minimum Gasteiger partial charge on any atom is -0.477 e. The molecule has 1 aromatic rings. The number of anilines is 1. The molecule has 0 saturated heterocycles. The normalized spacial score (nSPS) is 10.9.